The van der Waals surface area contributed by atoms with Crippen molar-refractivity contribution in [3.8, 4) is 0 Å². The van der Waals surface area contributed by atoms with Gasteiger partial charge in [0.05, 0.1) is 17.6 Å². The number of aromatic nitrogens is 3. The summed E-state index contributed by atoms with van der Waals surface area (Å²) in [6.45, 7) is 6.88. The fourth-order valence-corrected chi connectivity index (χ4v) is 1.46. The number of fused-ring (bicyclic) bond motifs is 1. The van der Waals surface area contributed by atoms with E-state index in [1.54, 1.807) is 6.20 Å². The van der Waals surface area contributed by atoms with Crippen molar-refractivity contribution in [2.45, 2.75) is 32.7 Å². The van der Waals surface area contributed by atoms with Crippen molar-refractivity contribution in [3.05, 3.63) is 29.7 Å². The summed E-state index contributed by atoms with van der Waals surface area (Å²) in [4.78, 5) is 4.23. The Morgan fingerprint density at radius 3 is 2.67 bits per heavy atom. The second-order valence-electron chi connectivity index (χ2n) is 4.69. The molecule has 0 saturated carbocycles. The smallest absolute Gasteiger partial charge is 0.153 e. The zero-order valence-electron chi connectivity index (χ0n) is 9.36. The van der Waals surface area contributed by atoms with Crippen LogP contribution in [0.1, 0.15) is 32.2 Å². The Morgan fingerprint density at radius 1 is 1.33 bits per heavy atom. The molecular formula is C11H16N4. The summed E-state index contributed by atoms with van der Waals surface area (Å²) in [5, 5.41) is 4.55. The van der Waals surface area contributed by atoms with E-state index in [0.29, 0.717) is 6.54 Å². The van der Waals surface area contributed by atoms with E-state index in [2.05, 4.69) is 30.9 Å². The highest BCUT2D eigenvalue weighted by Gasteiger charge is 2.16. The summed E-state index contributed by atoms with van der Waals surface area (Å²) in [5.74, 6) is 0. The molecule has 15 heavy (non-hydrogen) atoms. The van der Waals surface area contributed by atoms with E-state index in [0.717, 1.165) is 17.0 Å². The fraction of sp³-hybridized carbons (Fsp3) is 0.455. The van der Waals surface area contributed by atoms with E-state index >= 15 is 0 Å². The minimum Gasteiger partial charge on any atom is -0.325 e. The van der Waals surface area contributed by atoms with Crippen molar-refractivity contribution < 1.29 is 0 Å². The van der Waals surface area contributed by atoms with Gasteiger partial charge in [-0.25, -0.2) is 9.50 Å². The highest BCUT2D eigenvalue weighted by molar-refractivity contribution is 5.39. The molecule has 0 fully saturated rings. The SMILES string of the molecule is CC(C)(C)c1ccc2ncc(CN)n2n1. The van der Waals surface area contributed by atoms with Gasteiger partial charge in [-0.15, -0.1) is 0 Å². The van der Waals surface area contributed by atoms with Gasteiger partial charge in [0, 0.05) is 12.0 Å². The molecule has 0 atom stereocenters. The molecule has 4 heteroatoms. The van der Waals surface area contributed by atoms with E-state index in [9.17, 15) is 0 Å². The number of hydrogen-bond acceptors (Lipinski definition) is 3. The third-order valence-electron chi connectivity index (χ3n) is 2.41. The van der Waals surface area contributed by atoms with E-state index < -0.39 is 0 Å². The quantitative estimate of drug-likeness (QED) is 0.765. The first-order chi connectivity index (χ1) is 7.02. The molecule has 0 radical (unpaired) electrons. The molecule has 0 amide bonds. The second kappa shape index (κ2) is 3.31. The normalized spacial score (nSPS) is 12.3. The molecule has 2 aromatic rings. The Bertz CT molecular complexity index is 479. The zero-order valence-corrected chi connectivity index (χ0v) is 9.36. The molecule has 2 N–H and O–H groups in total. The highest BCUT2D eigenvalue weighted by atomic mass is 15.3. The molecule has 2 heterocycles. The van der Waals surface area contributed by atoms with Crippen LogP contribution in [0, 0.1) is 0 Å². The predicted molar refractivity (Wildman–Crippen MR) is 59.6 cm³/mol. The highest BCUT2D eigenvalue weighted by Crippen LogP contribution is 2.20. The number of rotatable bonds is 1. The molecule has 0 aliphatic carbocycles. The predicted octanol–water partition coefficient (Wildman–Crippen LogP) is 1.49. The first-order valence-electron chi connectivity index (χ1n) is 5.06. The molecule has 0 spiro atoms. The van der Waals surface area contributed by atoms with Crippen molar-refractivity contribution in [2.24, 2.45) is 5.73 Å². The number of hydrogen-bond donors (Lipinski definition) is 1. The Hall–Kier alpha value is -1.42. The average molecular weight is 204 g/mol. The van der Waals surface area contributed by atoms with Crippen LogP contribution in [0.2, 0.25) is 0 Å². The number of nitrogens with zero attached hydrogens (tertiary/aromatic N) is 3. The summed E-state index contributed by atoms with van der Waals surface area (Å²) < 4.78 is 1.82. The average Bonchev–Trinajstić information content (AvgIpc) is 2.57. The summed E-state index contributed by atoms with van der Waals surface area (Å²) in [6.07, 6.45) is 1.77. The summed E-state index contributed by atoms with van der Waals surface area (Å²) in [5.41, 5.74) is 8.50. The fourth-order valence-electron chi connectivity index (χ4n) is 1.46. The lowest BCUT2D eigenvalue weighted by molar-refractivity contribution is 0.552. The van der Waals surface area contributed by atoms with Gasteiger partial charge in [-0.2, -0.15) is 5.10 Å². The Labute approximate surface area is 89.1 Å². The van der Waals surface area contributed by atoms with Crippen molar-refractivity contribution in [2.75, 3.05) is 0 Å². The molecule has 0 saturated heterocycles. The van der Waals surface area contributed by atoms with Crippen molar-refractivity contribution in [1.82, 2.24) is 14.6 Å². The second-order valence-corrected chi connectivity index (χ2v) is 4.69. The Kier molecular flexibility index (Phi) is 2.23. The van der Waals surface area contributed by atoms with Gasteiger partial charge in [-0.1, -0.05) is 20.8 Å². The lowest BCUT2D eigenvalue weighted by atomic mass is 9.92. The van der Waals surface area contributed by atoms with Crippen molar-refractivity contribution in [1.29, 1.82) is 0 Å². The van der Waals surface area contributed by atoms with Gasteiger partial charge >= 0.3 is 0 Å². The minimum absolute atomic E-state index is 0.0460. The molecule has 0 aliphatic heterocycles. The third kappa shape index (κ3) is 1.72. The van der Waals surface area contributed by atoms with Crippen LogP contribution in [0.15, 0.2) is 18.3 Å². The molecule has 4 nitrogen and oxygen atoms in total. The van der Waals surface area contributed by atoms with Crippen LogP contribution in [0.4, 0.5) is 0 Å². The molecule has 0 aromatic carbocycles. The van der Waals surface area contributed by atoms with E-state index in [-0.39, 0.29) is 5.41 Å². The first-order valence-corrected chi connectivity index (χ1v) is 5.06. The van der Waals surface area contributed by atoms with Gasteiger partial charge < -0.3 is 5.73 Å². The Balaban J connectivity index is 2.63. The van der Waals surface area contributed by atoms with Crippen LogP contribution in [-0.4, -0.2) is 14.6 Å². The molecule has 0 bridgehead atoms. The topological polar surface area (TPSA) is 56.2 Å². The largest absolute Gasteiger partial charge is 0.325 e. The van der Waals surface area contributed by atoms with Crippen LogP contribution in [-0.2, 0) is 12.0 Å². The lowest BCUT2D eigenvalue weighted by Crippen LogP contribution is -2.16. The van der Waals surface area contributed by atoms with Gasteiger partial charge in [-0.3, -0.25) is 0 Å². The van der Waals surface area contributed by atoms with Gasteiger partial charge in [0.15, 0.2) is 5.65 Å². The van der Waals surface area contributed by atoms with Gasteiger partial charge in [0.1, 0.15) is 0 Å². The van der Waals surface area contributed by atoms with Crippen molar-refractivity contribution >= 4 is 5.65 Å². The van der Waals surface area contributed by atoms with Gasteiger partial charge in [-0.05, 0) is 12.1 Å². The Morgan fingerprint density at radius 2 is 2.07 bits per heavy atom. The summed E-state index contributed by atoms with van der Waals surface area (Å²) in [7, 11) is 0. The van der Waals surface area contributed by atoms with Crippen molar-refractivity contribution in [3.63, 3.8) is 0 Å². The first kappa shape index (κ1) is 10.1. The molecule has 80 valence electrons. The maximum absolute atomic E-state index is 5.62. The molecular weight excluding hydrogens is 188 g/mol. The minimum atomic E-state index is 0.0460. The maximum atomic E-state index is 5.62. The number of nitrogens with two attached hydrogens (primary N) is 1. The molecule has 2 aromatic heterocycles. The van der Waals surface area contributed by atoms with Gasteiger partial charge in [0.25, 0.3) is 0 Å². The lowest BCUT2D eigenvalue weighted by Gasteiger charge is -2.17. The van der Waals surface area contributed by atoms with Crippen LogP contribution in [0.25, 0.3) is 5.65 Å². The zero-order chi connectivity index (χ0) is 11.1. The summed E-state index contributed by atoms with van der Waals surface area (Å²) >= 11 is 0. The van der Waals surface area contributed by atoms with Gasteiger partial charge in [0.2, 0.25) is 0 Å². The van der Waals surface area contributed by atoms with E-state index in [1.165, 1.54) is 0 Å². The van der Waals surface area contributed by atoms with E-state index in [4.69, 9.17) is 5.73 Å². The number of imidazole rings is 1. The molecule has 0 aliphatic rings. The summed E-state index contributed by atoms with van der Waals surface area (Å²) in [6, 6.07) is 4.00. The third-order valence-corrected chi connectivity index (χ3v) is 2.41. The van der Waals surface area contributed by atoms with Crippen LogP contribution in [0.3, 0.4) is 0 Å². The van der Waals surface area contributed by atoms with Crippen LogP contribution in [0.5, 0.6) is 0 Å². The standard InChI is InChI=1S/C11H16N4/c1-11(2,3)9-4-5-10-13-7-8(6-12)15(10)14-9/h4-5,7H,6,12H2,1-3H3. The van der Waals surface area contributed by atoms with Crippen LogP contribution < -0.4 is 5.73 Å². The monoisotopic (exact) mass is 204 g/mol. The molecule has 0 unspecified atom stereocenters. The van der Waals surface area contributed by atoms with E-state index in [1.807, 2.05) is 16.6 Å². The maximum Gasteiger partial charge on any atom is 0.153 e. The van der Waals surface area contributed by atoms with Crippen LogP contribution >= 0.6 is 0 Å². The molecule has 2 rings (SSSR count).